The Morgan fingerprint density at radius 3 is 2.64 bits per heavy atom. The van der Waals surface area contributed by atoms with Crippen molar-refractivity contribution in [2.45, 2.75) is 31.7 Å². The smallest absolute Gasteiger partial charge is 0.384 e. The monoisotopic (exact) mass is 393 g/mol. The van der Waals surface area contributed by atoms with Gasteiger partial charge in [0.05, 0.1) is 18.6 Å². The van der Waals surface area contributed by atoms with Crippen LogP contribution in [-0.4, -0.2) is 49.6 Å². The summed E-state index contributed by atoms with van der Waals surface area (Å²) in [6, 6.07) is 6.80. The molecule has 0 unspecified atom stereocenters. The predicted molar refractivity (Wildman–Crippen MR) is 92.1 cm³/mol. The molecule has 1 aromatic heterocycles. The molecule has 1 atom stereocenters. The largest absolute Gasteiger partial charge is 0.450 e. The molecule has 9 nitrogen and oxygen atoms in total. The molecule has 0 bridgehead atoms. The summed E-state index contributed by atoms with van der Waals surface area (Å²) in [4.78, 5) is 4.01. The first-order chi connectivity index (χ1) is 13.2. The fraction of sp³-hybridized carbons (Fsp3) is 0.312. The second-order valence-corrected chi connectivity index (χ2v) is 6.52. The van der Waals surface area contributed by atoms with E-state index in [-0.39, 0.29) is 23.8 Å². The van der Waals surface area contributed by atoms with Crippen LogP contribution in [0, 0.1) is 6.92 Å². The molecule has 2 aliphatic rings. The van der Waals surface area contributed by atoms with E-state index in [0.29, 0.717) is 10.6 Å². The van der Waals surface area contributed by atoms with Gasteiger partial charge in [-0.25, -0.2) is 5.10 Å². The van der Waals surface area contributed by atoms with Gasteiger partial charge >= 0.3 is 17.9 Å². The normalized spacial score (nSPS) is 22.3. The minimum absolute atomic E-state index is 0.0605. The van der Waals surface area contributed by atoms with Crippen molar-refractivity contribution in [2.75, 3.05) is 0 Å². The second kappa shape index (κ2) is 6.12. The number of aryl methyl sites for hydroxylation is 1. The molecule has 2 aliphatic heterocycles. The van der Waals surface area contributed by atoms with Crippen molar-refractivity contribution in [1.82, 2.24) is 15.1 Å². The van der Waals surface area contributed by atoms with Crippen molar-refractivity contribution < 1.29 is 23.0 Å². The lowest BCUT2D eigenvalue weighted by Gasteiger charge is -2.29. The van der Waals surface area contributed by atoms with Crippen LogP contribution < -0.4 is 10.4 Å². The lowest BCUT2D eigenvalue weighted by Crippen LogP contribution is -2.65. The van der Waals surface area contributed by atoms with Gasteiger partial charge in [-0.05, 0) is 12.5 Å². The van der Waals surface area contributed by atoms with Gasteiger partial charge in [0.1, 0.15) is 5.84 Å². The molecule has 2 aromatic rings. The molecule has 0 saturated carbocycles. The minimum Gasteiger partial charge on any atom is -0.384 e. The highest BCUT2D eigenvalue weighted by Gasteiger charge is 2.66. The van der Waals surface area contributed by atoms with Crippen LogP contribution in [0.3, 0.4) is 0 Å². The molecule has 0 saturated heterocycles. The van der Waals surface area contributed by atoms with Gasteiger partial charge in [-0.15, -0.1) is 19.8 Å². The minimum atomic E-state index is -5.02. The Kier molecular flexibility index (Phi) is 3.96. The summed E-state index contributed by atoms with van der Waals surface area (Å²) < 4.78 is 42.8. The number of aromatic nitrogens is 3. The van der Waals surface area contributed by atoms with Gasteiger partial charge in [0, 0.05) is 5.10 Å². The molecule has 0 radical (unpaired) electrons. The highest BCUT2D eigenvalue weighted by molar-refractivity contribution is 6.03. The van der Waals surface area contributed by atoms with Crippen molar-refractivity contribution in [2.24, 2.45) is 21.0 Å². The third kappa shape index (κ3) is 2.81. The second-order valence-electron chi connectivity index (χ2n) is 6.52. The zero-order chi connectivity index (χ0) is 20.1. The van der Waals surface area contributed by atoms with Crippen LogP contribution >= 0.6 is 0 Å². The summed E-state index contributed by atoms with van der Waals surface area (Å²) in [5.41, 5.74) is 3.85. The quantitative estimate of drug-likeness (QED) is 0.608. The number of fused-ring (bicyclic) bond motifs is 1. The molecule has 1 aromatic carbocycles. The van der Waals surface area contributed by atoms with Crippen molar-refractivity contribution >= 4 is 17.5 Å². The maximum absolute atomic E-state index is 13.9. The number of aliphatic hydroxyl groups is 1. The lowest BCUT2D eigenvalue weighted by atomic mass is 10.0. The van der Waals surface area contributed by atoms with Gasteiger partial charge in [0.2, 0.25) is 5.82 Å². The van der Waals surface area contributed by atoms with E-state index in [9.17, 15) is 18.3 Å². The zero-order valence-corrected chi connectivity index (χ0v) is 14.6. The van der Waals surface area contributed by atoms with Crippen LogP contribution in [0.2, 0.25) is 0 Å². The van der Waals surface area contributed by atoms with E-state index in [1.807, 2.05) is 6.92 Å². The molecule has 3 heterocycles. The number of benzene rings is 1. The first-order valence-corrected chi connectivity index (χ1v) is 8.27. The number of hydrogen-bond donors (Lipinski definition) is 3. The van der Waals surface area contributed by atoms with Crippen molar-refractivity contribution in [1.29, 1.82) is 0 Å². The number of alkyl halides is 3. The SMILES string of the molecule is Cc1ccc(C2=NN(C3=NN=C(N)Cc4nc[nH][n+]43)[C@@](O)(C(F)(F)F)C2)cc1. The number of nitrogens with zero attached hydrogens (tertiary/aromatic N) is 6. The number of nitrogens with one attached hydrogen (secondary N) is 1. The number of aromatic amines is 1. The average molecular weight is 393 g/mol. The van der Waals surface area contributed by atoms with Gasteiger partial charge in [-0.3, -0.25) is 0 Å². The highest BCUT2D eigenvalue weighted by atomic mass is 19.4. The standard InChI is InChI=1S/C16H15F3N8O/c1-9-2-4-10(5-3-9)11-7-15(28,16(17,18)19)27(25-11)14-24-23-12(20)6-13-21-8-22-26(13)14/h2-5,8,28H,6-7H2,1H3,(H2,20,23)/p+1/t15-/m0/s1. The first-order valence-electron chi connectivity index (χ1n) is 8.27. The molecule has 12 heteroatoms. The Labute approximate surface area is 156 Å². The molecule has 4 N–H and O–H groups in total. The van der Waals surface area contributed by atoms with Gasteiger partial charge < -0.3 is 10.8 Å². The molecule has 146 valence electrons. The van der Waals surface area contributed by atoms with E-state index < -0.39 is 24.3 Å². The van der Waals surface area contributed by atoms with Crippen LogP contribution in [-0.2, 0) is 6.42 Å². The van der Waals surface area contributed by atoms with E-state index in [2.05, 4.69) is 25.4 Å². The number of hydrogen-bond acceptors (Lipinski definition) is 7. The van der Waals surface area contributed by atoms with Crippen molar-refractivity contribution in [3.63, 3.8) is 0 Å². The Morgan fingerprint density at radius 1 is 1.25 bits per heavy atom. The number of rotatable bonds is 1. The van der Waals surface area contributed by atoms with Gasteiger partial charge in [0.25, 0.3) is 0 Å². The molecular formula is C16H16F3N8O+. The molecule has 4 rings (SSSR count). The summed E-state index contributed by atoms with van der Waals surface area (Å²) in [5.74, 6) is -0.0516. The first kappa shape index (κ1) is 18.1. The zero-order valence-electron chi connectivity index (χ0n) is 14.6. The summed E-state index contributed by atoms with van der Waals surface area (Å²) in [5, 5.41) is 25.2. The predicted octanol–water partition coefficient (Wildman–Crippen LogP) is 0.399. The van der Waals surface area contributed by atoms with Crippen LogP contribution in [0.5, 0.6) is 0 Å². The van der Waals surface area contributed by atoms with E-state index >= 15 is 0 Å². The van der Waals surface area contributed by atoms with Crippen LogP contribution in [0.25, 0.3) is 0 Å². The Hall–Kier alpha value is -3.28. The number of H-pyrrole nitrogens is 1. The molecule has 0 amide bonds. The summed E-state index contributed by atoms with van der Waals surface area (Å²) in [6.45, 7) is 1.86. The maximum atomic E-state index is 13.9. The summed E-state index contributed by atoms with van der Waals surface area (Å²) in [7, 11) is 0. The van der Waals surface area contributed by atoms with E-state index in [4.69, 9.17) is 5.73 Å². The molecular weight excluding hydrogens is 377 g/mol. The highest BCUT2D eigenvalue weighted by Crippen LogP contribution is 2.41. The molecule has 0 fully saturated rings. The lowest BCUT2D eigenvalue weighted by molar-refractivity contribution is -0.637. The Morgan fingerprint density at radius 2 is 1.96 bits per heavy atom. The maximum Gasteiger partial charge on any atom is 0.450 e. The number of hydrazone groups is 1. The van der Waals surface area contributed by atoms with Crippen LogP contribution in [0.4, 0.5) is 13.2 Å². The Balaban J connectivity index is 1.85. The fourth-order valence-electron chi connectivity index (χ4n) is 2.96. The van der Waals surface area contributed by atoms with Crippen molar-refractivity contribution in [3.8, 4) is 0 Å². The van der Waals surface area contributed by atoms with Crippen LogP contribution in [0.15, 0.2) is 45.9 Å². The average Bonchev–Trinajstić information content (AvgIpc) is 3.18. The Bertz CT molecular complexity index is 1010. The number of halogens is 3. The topological polar surface area (TPSA) is 119 Å². The summed E-state index contributed by atoms with van der Waals surface area (Å²) >= 11 is 0. The van der Waals surface area contributed by atoms with E-state index in [1.54, 1.807) is 24.3 Å². The van der Waals surface area contributed by atoms with Gasteiger partial charge in [-0.1, -0.05) is 34.9 Å². The van der Waals surface area contributed by atoms with E-state index in [1.165, 1.54) is 6.33 Å². The number of amidine groups is 1. The molecule has 0 spiro atoms. The van der Waals surface area contributed by atoms with E-state index in [0.717, 1.165) is 10.2 Å². The van der Waals surface area contributed by atoms with Crippen LogP contribution in [0.1, 0.15) is 23.4 Å². The molecule has 0 aliphatic carbocycles. The van der Waals surface area contributed by atoms with Crippen molar-refractivity contribution in [3.05, 3.63) is 47.5 Å². The number of nitrogens with two attached hydrogens (primary N) is 1. The van der Waals surface area contributed by atoms with Gasteiger partial charge in [0.15, 0.2) is 6.33 Å². The third-order valence-electron chi connectivity index (χ3n) is 4.48. The van der Waals surface area contributed by atoms with Gasteiger partial charge in [-0.2, -0.15) is 13.2 Å². The fourth-order valence-corrected chi connectivity index (χ4v) is 2.96. The summed E-state index contributed by atoms with van der Waals surface area (Å²) in [6.07, 6.45) is -4.45. The third-order valence-corrected chi connectivity index (χ3v) is 4.48. The molecule has 28 heavy (non-hydrogen) atoms.